The number of benzene rings is 1. The van der Waals surface area contributed by atoms with Crippen LogP contribution in [-0.2, 0) is 4.74 Å². The van der Waals surface area contributed by atoms with Gasteiger partial charge in [0.2, 0.25) is 0 Å². The maximum absolute atomic E-state index is 12.9. The third-order valence-electron chi connectivity index (χ3n) is 4.54. The molecule has 29 heavy (non-hydrogen) atoms. The fraction of sp³-hybridized carbons (Fsp3) is 0.667. The molecule has 1 atom stereocenters. The largest absolute Gasteiger partial charge is 0.494 e. The highest BCUT2D eigenvalue weighted by Crippen LogP contribution is 2.11. The van der Waals surface area contributed by atoms with Crippen LogP contribution in [-0.4, -0.2) is 80.7 Å². The van der Waals surface area contributed by atoms with Gasteiger partial charge in [-0.1, -0.05) is 0 Å². The minimum absolute atomic E-state index is 0.263. The van der Waals surface area contributed by atoms with E-state index in [-0.39, 0.29) is 5.82 Å². The van der Waals surface area contributed by atoms with Gasteiger partial charge in [-0.25, -0.2) is 4.39 Å². The van der Waals surface area contributed by atoms with E-state index in [4.69, 9.17) is 9.47 Å². The summed E-state index contributed by atoms with van der Waals surface area (Å²) in [4.78, 5) is 6.75. The smallest absolute Gasteiger partial charge is 0.191 e. The number of hydrogen-bond donors (Lipinski definition) is 3. The number of rotatable bonds is 11. The molecule has 0 saturated carbocycles. The van der Waals surface area contributed by atoms with Gasteiger partial charge in [-0.3, -0.25) is 9.89 Å². The maximum Gasteiger partial charge on any atom is 0.191 e. The van der Waals surface area contributed by atoms with Crippen molar-refractivity contribution in [3.05, 3.63) is 30.1 Å². The molecule has 0 amide bonds. The summed E-state index contributed by atoms with van der Waals surface area (Å²) in [5.41, 5.74) is -0.886. The van der Waals surface area contributed by atoms with Gasteiger partial charge >= 0.3 is 0 Å². The maximum atomic E-state index is 12.9. The van der Waals surface area contributed by atoms with Crippen molar-refractivity contribution in [2.45, 2.75) is 32.3 Å². The molecule has 0 aromatic heterocycles. The zero-order valence-electron chi connectivity index (χ0n) is 17.6. The van der Waals surface area contributed by atoms with Crippen LogP contribution in [0.1, 0.15) is 26.7 Å². The second-order valence-corrected chi connectivity index (χ2v) is 7.52. The van der Waals surface area contributed by atoms with Crippen LogP contribution < -0.4 is 15.4 Å². The topological polar surface area (TPSA) is 78.4 Å². The molecule has 1 heterocycles. The van der Waals surface area contributed by atoms with Crippen LogP contribution in [0, 0.1) is 5.82 Å². The number of halogens is 1. The lowest BCUT2D eigenvalue weighted by atomic mass is 10.1. The molecule has 8 heteroatoms. The van der Waals surface area contributed by atoms with Gasteiger partial charge in [-0.2, -0.15) is 0 Å². The first kappa shape index (κ1) is 23.4. The summed E-state index contributed by atoms with van der Waals surface area (Å²) in [5.74, 6) is 1.12. The van der Waals surface area contributed by atoms with Gasteiger partial charge in [-0.05, 0) is 51.0 Å². The molecule has 1 aromatic carbocycles. The average Bonchev–Trinajstić information content (AvgIpc) is 2.70. The Kier molecular flexibility index (Phi) is 10.2. The lowest BCUT2D eigenvalue weighted by Gasteiger charge is -2.33. The van der Waals surface area contributed by atoms with Crippen LogP contribution in [0.15, 0.2) is 29.3 Å². The summed E-state index contributed by atoms with van der Waals surface area (Å²) in [6, 6.07) is 6.05. The SMILES string of the molecule is CCNC(=NCC(C)(O)CN1CCOCC1)NCCCCOc1ccc(F)cc1. The molecule has 7 nitrogen and oxygen atoms in total. The lowest BCUT2D eigenvalue weighted by molar-refractivity contribution is -0.0179. The first-order valence-electron chi connectivity index (χ1n) is 10.4. The molecule has 3 N–H and O–H groups in total. The molecular weight excluding hydrogens is 375 g/mol. The Bertz CT molecular complexity index is 604. The molecule has 164 valence electrons. The minimum Gasteiger partial charge on any atom is -0.494 e. The Balaban J connectivity index is 1.66. The van der Waals surface area contributed by atoms with Gasteiger partial charge in [0.15, 0.2) is 5.96 Å². The zero-order chi connectivity index (χ0) is 21.0. The monoisotopic (exact) mass is 410 g/mol. The van der Waals surface area contributed by atoms with Gasteiger partial charge in [0.1, 0.15) is 11.6 Å². The Morgan fingerprint density at radius 2 is 1.97 bits per heavy atom. The van der Waals surface area contributed by atoms with Crippen molar-refractivity contribution >= 4 is 5.96 Å². The average molecular weight is 411 g/mol. The summed E-state index contributed by atoms with van der Waals surface area (Å²) in [5, 5.41) is 17.2. The number of β-amino-alcohol motifs (C(OH)–C–C–N with tert-alkyl or cyclic N) is 1. The van der Waals surface area contributed by atoms with Gasteiger partial charge in [0, 0.05) is 32.7 Å². The first-order chi connectivity index (χ1) is 14.0. The molecule has 1 fully saturated rings. The van der Waals surface area contributed by atoms with E-state index in [1.165, 1.54) is 12.1 Å². The number of unbranched alkanes of at least 4 members (excludes halogenated alkanes) is 1. The molecule has 1 unspecified atom stereocenters. The fourth-order valence-electron chi connectivity index (χ4n) is 3.04. The van der Waals surface area contributed by atoms with E-state index in [2.05, 4.69) is 20.5 Å². The Hall–Kier alpha value is -1.90. The van der Waals surface area contributed by atoms with Gasteiger partial charge in [0.25, 0.3) is 0 Å². The zero-order valence-corrected chi connectivity index (χ0v) is 17.6. The molecular formula is C21H35FN4O3. The fourth-order valence-corrected chi connectivity index (χ4v) is 3.04. The van der Waals surface area contributed by atoms with E-state index in [1.54, 1.807) is 12.1 Å². The van der Waals surface area contributed by atoms with Crippen LogP contribution >= 0.6 is 0 Å². The van der Waals surface area contributed by atoms with Crippen LogP contribution in [0.4, 0.5) is 4.39 Å². The van der Waals surface area contributed by atoms with E-state index >= 15 is 0 Å². The quantitative estimate of drug-likeness (QED) is 0.292. The summed E-state index contributed by atoms with van der Waals surface area (Å²) < 4.78 is 23.8. The van der Waals surface area contributed by atoms with E-state index < -0.39 is 5.60 Å². The summed E-state index contributed by atoms with van der Waals surface area (Å²) in [6.45, 7) is 9.96. The minimum atomic E-state index is -0.886. The van der Waals surface area contributed by atoms with Crippen LogP contribution in [0.5, 0.6) is 5.75 Å². The Morgan fingerprint density at radius 1 is 1.24 bits per heavy atom. The summed E-state index contributed by atoms with van der Waals surface area (Å²) in [6.07, 6.45) is 1.79. The summed E-state index contributed by atoms with van der Waals surface area (Å²) in [7, 11) is 0. The predicted octanol–water partition coefficient (Wildman–Crippen LogP) is 1.62. The van der Waals surface area contributed by atoms with E-state index in [9.17, 15) is 9.50 Å². The highest BCUT2D eigenvalue weighted by atomic mass is 19.1. The summed E-state index contributed by atoms with van der Waals surface area (Å²) >= 11 is 0. The molecule has 1 aliphatic rings. The number of ether oxygens (including phenoxy) is 2. The molecule has 0 radical (unpaired) electrons. The number of guanidine groups is 1. The number of nitrogens with zero attached hydrogens (tertiary/aromatic N) is 2. The van der Waals surface area contributed by atoms with Gasteiger partial charge in [-0.15, -0.1) is 0 Å². The van der Waals surface area contributed by atoms with Crippen molar-refractivity contribution in [3.63, 3.8) is 0 Å². The second-order valence-electron chi connectivity index (χ2n) is 7.52. The number of aliphatic hydroxyl groups is 1. The predicted molar refractivity (Wildman–Crippen MR) is 113 cm³/mol. The molecule has 1 aromatic rings. The molecule has 0 aliphatic carbocycles. The standard InChI is InChI=1S/C21H35FN4O3/c1-3-23-20(25-16-21(2,27)17-26-11-14-28-15-12-26)24-10-4-5-13-29-19-8-6-18(22)7-9-19/h6-9,27H,3-5,10-17H2,1-2H3,(H2,23,24,25). The van der Waals surface area contributed by atoms with Gasteiger partial charge in [0.05, 0.1) is 32.0 Å². The van der Waals surface area contributed by atoms with E-state index in [1.807, 2.05) is 13.8 Å². The number of aliphatic imine (C=N–C) groups is 1. The van der Waals surface area contributed by atoms with Crippen LogP contribution in [0.2, 0.25) is 0 Å². The van der Waals surface area contributed by atoms with Crippen molar-refractivity contribution in [2.24, 2.45) is 4.99 Å². The van der Waals surface area contributed by atoms with Crippen molar-refractivity contribution in [1.29, 1.82) is 0 Å². The Morgan fingerprint density at radius 3 is 2.66 bits per heavy atom. The van der Waals surface area contributed by atoms with Crippen molar-refractivity contribution in [1.82, 2.24) is 15.5 Å². The molecule has 0 bridgehead atoms. The highest BCUT2D eigenvalue weighted by Gasteiger charge is 2.25. The van der Waals surface area contributed by atoms with Crippen molar-refractivity contribution in [3.8, 4) is 5.75 Å². The van der Waals surface area contributed by atoms with Crippen molar-refractivity contribution < 1.29 is 19.0 Å². The normalized spacial score (nSPS) is 17.6. The third-order valence-corrected chi connectivity index (χ3v) is 4.54. The lowest BCUT2D eigenvalue weighted by Crippen LogP contribution is -2.48. The molecule has 0 spiro atoms. The second kappa shape index (κ2) is 12.6. The third kappa shape index (κ3) is 9.92. The first-order valence-corrected chi connectivity index (χ1v) is 10.4. The van der Waals surface area contributed by atoms with E-state index in [0.29, 0.717) is 44.6 Å². The van der Waals surface area contributed by atoms with Crippen LogP contribution in [0.25, 0.3) is 0 Å². The number of morpholine rings is 1. The molecule has 1 saturated heterocycles. The highest BCUT2D eigenvalue weighted by molar-refractivity contribution is 5.79. The van der Waals surface area contributed by atoms with E-state index in [0.717, 1.165) is 39.0 Å². The number of nitrogens with one attached hydrogen (secondary N) is 2. The van der Waals surface area contributed by atoms with Gasteiger partial charge < -0.3 is 25.2 Å². The Labute approximate surface area is 173 Å². The molecule has 1 aliphatic heterocycles. The number of hydrogen-bond acceptors (Lipinski definition) is 5. The van der Waals surface area contributed by atoms with Crippen molar-refractivity contribution in [2.75, 3.05) is 59.1 Å². The molecule has 2 rings (SSSR count). The van der Waals surface area contributed by atoms with Crippen LogP contribution in [0.3, 0.4) is 0 Å².